The molecule has 1 rings (SSSR count). The molecule has 1 aromatic heterocycles. The smallest absolute Gasteiger partial charge is 0.263 e. The Morgan fingerprint density at radius 3 is 2.42 bits per heavy atom. The molecule has 0 saturated heterocycles. The number of thiazole rings is 1. The van der Waals surface area contributed by atoms with Crippen LogP contribution in [0.4, 0.5) is 0 Å². The van der Waals surface area contributed by atoms with Crippen molar-refractivity contribution in [3.05, 3.63) is 15.6 Å². The zero-order chi connectivity index (χ0) is 14.8. The van der Waals surface area contributed by atoms with E-state index >= 15 is 0 Å². The molecule has 1 aromatic rings. The van der Waals surface area contributed by atoms with Crippen molar-refractivity contribution in [2.45, 2.75) is 46.1 Å². The average molecular weight is 283 g/mol. The molecule has 1 heterocycles. The van der Waals surface area contributed by atoms with Gasteiger partial charge in [0.15, 0.2) is 0 Å². The summed E-state index contributed by atoms with van der Waals surface area (Å²) in [5.74, 6) is -0.0146. The third-order valence-corrected chi connectivity index (χ3v) is 4.67. The van der Waals surface area contributed by atoms with Crippen LogP contribution in [0.3, 0.4) is 0 Å². The molecule has 0 aliphatic heterocycles. The van der Waals surface area contributed by atoms with E-state index in [1.54, 1.807) is 0 Å². The fraction of sp³-hybridized carbons (Fsp3) is 0.714. The maximum absolute atomic E-state index is 12.2. The number of hydrogen-bond acceptors (Lipinski definition) is 4. The molecule has 0 aromatic carbocycles. The minimum Gasteiger partial charge on any atom is -0.350 e. The Labute approximate surface area is 120 Å². The van der Waals surface area contributed by atoms with E-state index in [1.807, 2.05) is 21.0 Å². The maximum atomic E-state index is 12.2. The largest absolute Gasteiger partial charge is 0.350 e. The molecular formula is C14H25N3OS. The Kier molecular flexibility index (Phi) is 5.10. The van der Waals surface area contributed by atoms with Crippen LogP contribution in [0.1, 0.15) is 48.1 Å². The standard InChI is InChI=1S/C14H25N3OS/c1-9(17(6)7)8-15-12(18)11-10(2)16-13(19-11)14(3,4)5/h9H,8H2,1-7H3,(H,15,18)/t9-/m0/s1. The van der Waals surface area contributed by atoms with Gasteiger partial charge in [0.05, 0.1) is 10.7 Å². The highest BCUT2D eigenvalue weighted by Gasteiger charge is 2.23. The molecule has 19 heavy (non-hydrogen) atoms. The molecule has 0 radical (unpaired) electrons. The molecule has 0 bridgehead atoms. The summed E-state index contributed by atoms with van der Waals surface area (Å²) in [6, 6.07) is 0.319. The number of amides is 1. The highest BCUT2D eigenvalue weighted by Crippen LogP contribution is 2.29. The van der Waals surface area contributed by atoms with Crippen molar-refractivity contribution < 1.29 is 4.79 Å². The first-order valence-electron chi connectivity index (χ1n) is 6.55. The number of nitrogens with zero attached hydrogens (tertiary/aromatic N) is 2. The summed E-state index contributed by atoms with van der Waals surface area (Å²) in [5, 5.41) is 3.99. The molecule has 0 unspecified atom stereocenters. The number of carbonyl (C=O) groups excluding carboxylic acids is 1. The molecule has 0 aliphatic rings. The first-order valence-corrected chi connectivity index (χ1v) is 7.37. The van der Waals surface area contributed by atoms with Crippen molar-refractivity contribution in [2.75, 3.05) is 20.6 Å². The Morgan fingerprint density at radius 1 is 1.42 bits per heavy atom. The van der Waals surface area contributed by atoms with Gasteiger partial charge >= 0.3 is 0 Å². The summed E-state index contributed by atoms with van der Waals surface area (Å²) in [6.45, 7) is 11.0. The molecule has 1 amide bonds. The zero-order valence-electron chi connectivity index (χ0n) is 13.0. The van der Waals surface area contributed by atoms with Crippen molar-refractivity contribution >= 4 is 17.2 Å². The van der Waals surface area contributed by atoms with E-state index in [0.29, 0.717) is 12.6 Å². The number of likely N-dealkylation sites (N-methyl/N-ethyl adjacent to an activating group) is 1. The van der Waals surface area contributed by atoms with Crippen molar-refractivity contribution in [1.29, 1.82) is 0 Å². The number of carbonyl (C=O) groups is 1. The van der Waals surface area contributed by atoms with Crippen molar-refractivity contribution in [2.24, 2.45) is 0 Å². The highest BCUT2D eigenvalue weighted by molar-refractivity contribution is 7.14. The third-order valence-electron chi connectivity index (χ3n) is 3.08. The van der Waals surface area contributed by atoms with Gasteiger partial charge in [-0.2, -0.15) is 0 Å². The number of aromatic nitrogens is 1. The van der Waals surface area contributed by atoms with Crippen LogP contribution in [0, 0.1) is 6.92 Å². The molecule has 0 fully saturated rings. The Hall–Kier alpha value is -0.940. The van der Waals surface area contributed by atoms with Crippen LogP contribution < -0.4 is 5.32 Å². The quantitative estimate of drug-likeness (QED) is 0.923. The van der Waals surface area contributed by atoms with E-state index in [2.05, 4.69) is 42.9 Å². The van der Waals surface area contributed by atoms with E-state index in [9.17, 15) is 4.79 Å². The molecule has 4 nitrogen and oxygen atoms in total. The van der Waals surface area contributed by atoms with Gasteiger partial charge < -0.3 is 10.2 Å². The lowest BCUT2D eigenvalue weighted by Gasteiger charge is -2.19. The minimum atomic E-state index is -0.0146. The van der Waals surface area contributed by atoms with Crippen LogP contribution in [0.15, 0.2) is 0 Å². The van der Waals surface area contributed by atoms with Crippen LogP contribution >= 0.6 is 11.3 Å². The second kappa shape index (κ2) is 6.01. The number of nitrogens with one attached hydrogen (secondary N) is 1. The summed E-state index contributed by atoms with van der Waals surface area (Å²) in [4.78, 5) is 19.5. The lowest BCUT2D eigenvalue weighted by atomic mass is 9.98. The molecule has 108 valence electrons. The number of rotatable bonds is 4. The van der Waals surface area contributed by atoms with Crippen molar-refractivity contribution in [3.63, 3.8) is 0 Å². The van der Waals surface area contributed by atoms with Crippen molar-refractivity contribution in [1.82, 2.24) is 15.2 Å². The summed E-state index contributed by atoms with van der Waals surface area (Å²) < 4.78 is 0. The average Bonchev–Trinajstić information content (AvgIpc) is 2.67. The lowest BCUT2D eigenvalue weighted by molar-refractivity contribution is 0.0947. The molecule has 0 aliphatic carbocycles. The van der Waals surface area contributed by atoms with Crippen LogP contribution in [0.25, 0.3) is 0 Å². The fourth-order valence-electron chi connectivity index (χ4n) is 1.43. The van der Waals surface area contributed by atoms with E-state index in [1.165, 1.54) is 11.3 Å². The Balaban J connectivity index is 2.75. The molecule has 0 spiro atoms. The zero-order valence-corrected chi connectivity index (χ0v) is 13.8. The monoisotopic (exact) mass is 283 g/mol. The van der Waals surface area contributed by atoms with Gasteiger partial charge in [-0.3, -0.25) is 4.79 Å². The third kappa shape index (κ3) is 4.28. The molecule has 5 heteroatoms. The number of hydrogen-bond donors (Lipinski definition) is 1. The Morgan fingerprint density at radius 2 is 2.00 bits per heavy atom. The summed E-state index contributed by atoms with van der Waals surface area (Å²) in [5.41, 5.74) is 0.815. The van der Waals surface area contributed by atoms with Crippen LogP contribution in [0.5, 0.6) is 0 Å². The Bertz CT molecular complexity index is 446. The van der Waals surface area contributed by atoms with Gasteiger partial charge in [-0.15, -0.1) is 11.3 Å². The first kappa shape index (κ1) is 16.1. The normalized spacial score (nSPS) is 13.7. The van der Waals surface area contributed by atoms with E-state index < -0.39 is 0 Å². The summed E-state index contributed by atoms with van der Waals surface area (Å²) >= 11 is 1.50. The summed E-state index contributed by atoms with van der Waals surface area (Å²) in [7, 11) is 4.01. The summed E-state index contributed by atoms with van der Waals surface area (Å²) in [6.07, 6.45) is 0. The minimum absolute atomic E-state index is 0.00904. The van der Waals surface area contributed by atoms with Gasteiger partial charge in [-0.25, -0.2) is 4.98 Å². The van der Waals surface area contributed by atoms with Crippen LogP contribution in [0.2, 0.25) is 0 Å². The van der Waals surface area contributed by atoms with Gasteiger partial charge in [0.2, 0.25) is 0 Å². The predicted octanol–water partition coefficient (Wildman–Crippen LogP) is 2.43. The highest BCUT2D eigenvalue weighted by atomic mass is 32.1. The van der Waals surface area contributed by atoms with E-state index in [0.717, 1.165) is 15.6 Å². The van der Waals surface area contributed by atoms with Crippen LogP contribution in [-0.4, -0.2) is 42.5 Å². The lowest BCUT2D eigenvalue weighted by Crippen LogP contribution is -2.38. The topological polar surface area (TPSA) is 45.2 Å². The van der Waals surface area contributed by atoms with Crippen LogP contribution in [-0.2, 0) is 5.41 Å². The second-order valence-electron chi connectivity index (χ2n) is 6.21. The van der Waals surface area contributed by atoms with Gasteiger partial charge in [0.1, 0.15) is 4.88 Å². The van der Waals surface area contributed by atoms with Gasteiger partial charge in [0, 0.05) is 18.0 Å². The van der Waals surface area contributed by atoms with E-state index in [-0.39, 0.29) is 11.3 Å². The van der Waals surface area contributed by atoms with Gasteiger partial charge in [-0.05, 0) is 27.9 Å². The molecular weight excluding hydrogens is 258 g/mol. The molecule has 1 atom stereocenters. The SMILES string of the molecule is Cc1nc(C(C)(C)C)sc1C(=O)NC[C@H](C)N(C)C. The van der Waals surface area contributed by atoms with Gasteiger partial charge in [0.25, 0.3) is 5.91 Å². The predicted molar refractivity (Wildman–Crippen MR) is 81.0 cm³/mol. The second-order valence-corrected chi connectivity index (χ2v) is 7.21. The first-order chi connectivity index (χ1) is 8.62. The fourth-order valence-corrected chi connectivity index (χ4v) is 2.47. The maximum Gasteiger partial charge on any atom is 0.263 e. The van der Waals surface area contributed by atoms with Crippen molar-refractivity contribution in [3.8, 4) is 0 Å². The molecule has 1 N–H and O–H groups in total. The molecule has 0 saturated carbocycles. The van der Waals surface area contributed by atoms with E-state index in [4.69, 9.17) is 0 Å². The van der Waals surface area contributed by atoms with Gasteiger partial charge in [-0.1, -0.05) is 20.8 Å². The number of aryl methyl sites for hydroxylation is 1.